The Kier molecular flexibility index (Phi) is 5.50. The molecule has 0 radical (unpaired) electrons. The van der Waals surface area contributed by atoms with Crippen molar-refractivity contribution in [1.29, 1.82) is 0 Å². The van der Waals surface area contributed by atoms with Crippen molar-refractivity contribution in [2.24, 2.45) is 0 Å². The summed E-state index contributed by atoms with van der Waals surface area (Å²) in [6, 6.07) is 16.7. The van der Waals surface area contributed by atoms with Crippen LogP contribution >= 0.6 is 0 Å². The van der Waals surface area contributed by atoms with E-state index >= 15 is 35.1 Å². The topological polar surface area (TPSA) is 18.7 Å². The minimum absolute atomic E-state index is 0.0800. The Balaban J connectivity index is 1.41. The number of nitrogens with zero attached hydrogens (tertiary/aromatic N) is 4. The van der Waals surface area contributed by atoms with Gasteiger partial charge >= 0.3 is 0 Å². The molecule has 6 aromatic carbocycles. The van der Waals surface area contributed by atoms with Crippen molar-refractivity contribution in [3.05, 3.63) is 137 Å². The molecule has 13 heteroatoms. The second-order valence-electron chi connectivity index (χ2n) is 14.5. The summed E-state index contributed by atoms with van der Waals surface area (Å²) in [7, 11) is 0. The van der Waals surface area contributed by atoms with Crippen molar-refractivity contribution < 1.29 is 35.1 Å². The lowest BCUT2D eigenvalue weighted by molar-refractivity contribution is 0.510. The third kappa shape index (κ3) is 3.51. The van der Waals surface area contributed by atoms with E-state index in [-0.39, 0.29) is 33.1 Å². The van der Waals surface area contributed by atoms with E-state index in [1.807, 2.05) is 4.40 Å². The molecule has 12 rings (SSSR count). The smallest absolute Gasteiger partial charge is 0.258 e. The molecule has 4 nitrogen and oxygen atoms in total. The van der Waals surface area contributed by atoms with Crippen LogP contribution in [-0.2, 0) is 0 Å². The van der Waals surface area contributed by atoms with E-state index in [0.29, 0.717) is 72.1 Å². The van der Waals surface area contributed by atoms with Crippen LogP contribution in [0.15, 0.2) is 78.9 Å². The molecule has 0 unspecified atom stereocenters. The van der Waals surface area contributed by atoms with Crippen LogP contribution in [-0.4, -0.2) is 24.6 Å². The predicted molar refractivity (Wildman–Crippen MR) is 196 cm³/mol. The molecule has 2 aliphatic heterocycles. The standard InChI is InChI=1S/C42H19BF8N4/c1-16-6-19-29(11-23(16)46)52-31-7-17(2)24(47)12-32(31)54-35-8-18(37-21(44)4-3-5-22(37)45)9-36-40(35)43(38(19)41(52)54)39-20-10-25(48)26(49)13-30(20)53-33-14-27(50)28(51)15-34(33)55(36)42(39)53/h3-15H,1-2H3. The predicted octanol–water partition coefficient (Wildman–Crippen LogP) is 8.93. The minimum Gasteiger partial charge on any atom is -0.295 e. The number of hydrogen-bond acceptors (Lipinski definition) is 0. The van der Waals surface area contributed by atoms with Crippen LogP contribution in [0, 0.1) is 60.4 Å². The van der Waals surface area contributed by atoms with Gasteiger partial charge in [0.15, 0.2) is 23.3 Å². The van der Waals surface area contributed by atoms with Crippen LogP contribution in [0.3, 0.4) is 0 Å². The molecule has 2 aliphatic rings. The van der Waals surface area contributed by atoms with Crippen LogP contribution in [0.25, 0.3) is 77.7 Å². The fourth-order valence-electron chi connectivity index (χ4n) is 9.47. The quantitative estimate of drug-likeness (QED) is 0.118. The van der Waals surface area contributed by atoms with Gasteiger partial charge in [0.05, 0.1) is 38.7 Å². The lowest BCUT2D eigenvalue weighted by atomic mass is 9.34. The number of benzene rings is 6. The largest absolute Gasteiger partial charge is 0.295 e. The third-order valence-electron chi connectivity index (χ3n) is 11.7. The Morgan fingerprint density at radius 2 is 0.855 bits per heavy atom. The maximum absolute atomic E-state index is 15.7. The Labute approximate surface area is 303 Å². The molecular formula is C42H19BF8N4. The Hall–Kier alpha value is -6.50. The van der Waals surface area contributed by atoms with Crippen molar-refractivity contribution in [2.75, 3.05) is 0 Å². The van der Waals surface area contributed by atoms with Gasteiger partial charge in [-0.2, -0.15) is 0 Å². The highest BCUT2D eigenvalue weighted by molar-refractivity contribution is 7.02. The minimum atomic E-state index is -1.18. The molecule has 0 N–H and O–H groups in total. The summed E-state index contributed by atoms with van der Waals surface area (Å²) in [5, 5.41) is 0.895. The zero-order chi connectivity index (χ0) is 37.7. The third-order valence-corrected chi connectivity index (χ3v) is 11.7. The fourth-order valence-corrected chi connectivity index (χ4v) is 9.47. The van der Waals surface area contributed by atoms with Gasteiger partial charge in [0.25, 0.3) is 6.71 Å². The number of hydrogen-bond donors (Lipinski definition) is 0. The normalized spacial score (nSPS) is 13.2. The SMILES string of the molecule is Cc1cc2c(cc1F)n1c3c(c4cc(C)c(F)cc4n23)B2c3c-1cc(-c1c(F)cccc1F)cc3-n1c3cc(F)c(F)cc3n3c4cc(F)c(F)cc4c2c13. The van der Waals surface area contributed by atoms with E-state index in [9.17, 15) is 0 Å². The van der Waals surface area contributed by atoms with E-state index in [0.717, 1.165) is 36.4 Å². The van der Waals surface area contributed by atoms with E-state index in [1.165, 1.54) is 22.6 Å². The summed E-state index contributed by atoms with van der Waals surface area (Å²) < 4.78 is 131. The summed E-state index contributed by atoms with van der Waals surface area (Å²) in [5.74, 6) is -7.41. The number of halogens is 8. The van der Waals surface area contributed by atoms with Gasteiger partial charge in [-0.15, -0.1) is 0 Å². The van der Waals surface area contributed by atoms with Gasteiger partial charge < -0.3 is 0 Å². The molecule has 0 saturated carbocycles. The summed E-state index contributed by atoms with van der Waals surface area (Å²) in [5.41, 5.74) is 5.21. The number of imidazole rings is 2. The molecule has 4 aromatic heterocycles. The highest BCUT2D eigenvalue weighted by Crippen LogP contribution is 2.42. The van der Waals surface area contributed by atoms with Gasteiger partial charge in [-0.3, -0.25) is 17.9 Å². The van der Waals surface area contributed by atoms with Gasteiger partial charge in [0.1, 0.15) is 34.6 Å². The van der Waals surface area contributed by atoms with E-state index < -0.39 is 53.3 Å². The molecule has 6 heterocycles. The van der Waals surface area contributed by atoms with Crippen LogP contribution in [0.2, 0.25) is 0 Å². The number of aryl methyl sites for hydroxylation is 2. The lowest BCUT2D eigenvalue weighted by Crippen LogP contribution is -2.59. The van der Waals surface area contributed by atoms with E-state index in [2.05, 4.69) is 0 Å². The first-order valence-corrected chi connectivity index (χ1v) is 17.3. The molecule has 0 aliphatic carbocycles. The summed E-state index contributed by atoms with van der Waals surface area (Å²) in [4.78, 5) is 0. The van der Waals surface area contributed by atoms with Gasteiger partial charge in [0, 0.05) is 41.0 Å². The van der Waals surface area contributed by atoms with Crippen LogP contribution < -0.4 is 16.4 Å². The van der Waals surface area contributed by atoms with E-state index in [4.69, 9.17) is 0 Å². The van der Waals surface area contributed by atoms with Gasteiger partial charge in [-0.05, 0) is 101 Å². The fraction of sp³-hybridized carbons (Fsp3) is 0.0476. The van der Waals surface area contributed by atoms with Gasteiger partial charge in [0.2, 0.25) is 0 Å². The van der Waals surface area contributed by atoms with Crippen LogP contribution in [0.4, 0.5) is 35.1 Å². The molecule has 55 heavy (non-hydrogen) atoms. The maximum Gasteiger partial charge on any atom is 0.258 e. The van der Waals surface area contributed by atoms with Crippen LogP contribution in [0.1, 0.15) is 11.1 Å². The Morgan fingerprint density at radius 3 is 1.44 bits per heavy atom. The molecule has 0 atom stereocenters. The van der Waals surface area contributed by atoms with Gasteiger partial charge in [-0.1, -0.05) is 6.07 Å². The average Bonchev–Trinajstić information content (AvgIpc) is 3.83. The lowest BCUT2D eigenvalue weighted by Gasteiger charge is -2.32. The number of fused-ring (bicyclic) bond motifs is 16. The second kappa shape index (κ2) is 9.78. The summed E-state index contributed by atoms with van der Waals surface area (Å²) in [6.45, 7) is 2.39. The first-order valence-electron chi connectivity index (χ1n) is 17.3. The van der Waals surface area contributed by atoms with Crippen molar-refractivity contribution in [3.63, 3.8) is 0 Å². The highest BCUT2D eigenvalue weighted by Gasteiger charge is 2.46. The first-order chi connectivity index (χ1) is 26.4. The van der Waals surface area contributed by atoms with E-state index in [1.54, 1.807) is 47.2 Å². The Bertz CT molecular complexity index is 3290. The van der Waals surface area contributed by atoms with Crippen LogP contribution in [0.5, 0.6) is 0 Å². The van der Waals surface area contributed by atoms with Gasteiger partial charge in [-0.25, -0.2) is 35.1 Å². The molecule has 266 valence electrons. The highest BCUT2D eigenvalue weighted by atomic mass is 19.2. The molecule has 10 aromatic rings. The number of aromatic nitrogens is 4. The number of rotatable bonds is 1. The van der Waals surface area contributed by atoms with Crippen molar-refractivity contribution in [2.45, 2.75) is 13.8 Å². The Morgan fingerprint density at radius 1 is 0.418 bits per heavy atom. The molecule has 0 amide bonds. The van der Waals surface area contributed by atoms with Crippen molar-refractivity contribution in [1.82, 2.24) is 17.9 Å². The van der Waals surface area contributed by atoms with Crippen molar-refractivity contribution in [3.8, 4) is 22.5 Å². The molecule has 0 spiro atoms. The second-order valence-corrected chi connectivity index (χ2v) is 14.5. The molecule has 0 fully saturated rings. The maximum atomic E-state index is 15.7. The molecule has 0 saturated heterocycles. The summed E-state index contributed by atoms with van der Waals surface area (Å²) >= 11 is 0. The average molecular weight is 742 g/mol. The zero-order valence-corrected chi connectivity index (χ0v) is 28.4. The zero-order valence-electron chi connectivity index (χ0n) is 28.4. The summed E-state index contributed by atoms with van der Waals surface area (Å²) in [6.07, 6.45) is 0. The first kappa shape index (κ1) is 30.9. The monoisotopic (exact) mass is 742 g/mol. The molecular weight excluding hydrogens is 723 g/mol. The molecule has 0 bridgehead atoms. The van der Waals surface area contributed by atoms with Crippen molar-refractivity contribution >= 4 is 78.3 Å².